The van der Waals surface area contributed by atoms with E-state index in [9.17, 15) is 22.9 Å². The van der Waals surface area contributed by atoms with E-state index in [0.29, 0.717) is 12.8 Å². The number of nitrogens with one attached hydrogen (secondary N) is 1. The Morgan fingerprint density at radius 3 is 1.18 bits per heavy atom. The van der Waals surface area contributed by atoms with Crippen LogP contribution in [0, 0.1) is 0 Å². The monoisotopic (exact) mass is 742 g/mol. The maximum absolute atomic E-state index is 12.6. The Labute approximate surface area is 318 Å². The Bertz CT molecular complexity index is 862. The van der Waals surface area contributed by atoms with Crippen LogP contribution < -0.4 is 5.32 Å². The predicted octanol–water partition coefficient (Wildman–Crippen LogP) is 13.4. The largest absolute Gasteiger partial charge is 0.391 e. The fourth-order valence-electron chi connectivity index (χ4n) is 7.10. The van der Waals surface area contributed by atoms with E-state index < -0.39 is 28.0 Å². The molecule has 0 aliphatic carbocycles. The van der Waals surface area contributed by atoms with Gasteiger partial charge in [0, 0.05) is 6.42 Å². The van der Waals surface area contributed by atoms with Crippen LogP contribution in [0.2, 0.25) is 0 Å². The first-order valence-electron chi connectivity index (χ1n) is 22.4. The van der Waals surface area contributed by atoms with Crippen LogP contribution in [0.15, 0.2) is 12.2 Å². The van der Waals surface area contributed by atoms with Crippen molar-refractivity contribution in [1.82, 2.24) is 5.32 Å². The Morgan fingerprint density at radius 1 is 0.510 bits per heavy atom. The van der Waals surface area contributed by atoms with E-state index in [0.717, 1.165) is 38.5 Å². The molecule has 51 heavy (non-hydrogen) atoms. The molecule has 0 saturated carbocycles. The molecule has 0 saturated heterocycles. The van der Waals surface area contributed by atoms with Gasteiger partial charge in [0.15, 0.2) is 0 Å². The second kappa shape index (κ2) is 38.8. The summed E-state index contributed by atoms with van der Waals surface area (Å²) in [4.78, 5) is 12.6. The van der Waals surface area contributed by atoms with Crippen molar-refractivity contribution in [2.24, 2.45) is 0 Å². The molecule has 2 unspecified atom stereocenters. The van der Waals surface area contributed by atoms with E-state index in [2.05, 4.69) is 31.3 Å². The highest BCUT2D eigenvalue weighted by molar-refractivity contribution is 7.85. The number of hydrogen-bond acceptors (Lipinski definition) is 4. The lowest BCUT2D eigenvalue weighted by molar-refractivity contribution is -0.122. The first-order chi connectivity index (χ1) is 24.8. The Kier molecular flexibility index (Phi) is 38.1. The van der Waals surface area contributed by atoms with Crippen LogP contribution in [-0.2, 0) is 14.9 Å². The first-order valence-corrected chi connectivity index (χ1v) is 24.0. The number of allylic oxidation sites excluding steroid dienone is 2. The van der Waals surface area contributed by atoms with Crippen LogP contribution in [0.25, 0.3) is 0 Å². The topological polar surface area (TPSA) is 104 Å². The number of hydrogen-bond donors (Lipinski definition) is 3. The van der Waals surface area contributed by atoms with Crippen molar-refractivity contribution in [3.8, 4) is 0 Å². The van der Waals surface area contributed by atoms with Gasteiger partial charge in [0.05, 0.1) is 17.9 Å². The summed E-state index contributed by atoms with van der Waals surface area (Å²) in [7, 11) is -4.31. The number of rotatable bonds is 41. The second-order valence-corrected chi connectivity index (χ2v) is 17.2. The molecule has 304 valence electrons. The van der Waals surface area contributed by atoms with Gasteiger partial charge in [0.25, 0.3) is 10.1 Å². The zero-order valence-electron chi connectivity index (χ0n) is 34.0. The molecule has 0 aliphatic rings. The average molecular weight is 742 g/mol. The third-order valence-electron chi connectivity index (χ3n) is 10.5. The third kappa shape index (κ3) is 40.1. The fourth-order valence-corrected chi connectivity index (χ4v) is 7.86. The average Bonchev–Trinajstić information content (AvgIpc) is 3.09. The summed E-state index contributed by atoms with van der Waals surface area (Å²) >= 11 is 0. The highest BCUT2D eigenvalue weighted by Crippen LogP contribution is 2.16. The smallest absolute Gasteiger partial charge is 0.266 e. The Hall–Kier alpha value is -0.920. The molecule has 0 aliphatic heterocycles. The lowest BCUT2D eigenvalue weighted by atomic mass is 10.0. The van der Waals surface area contributed by atoms with Gasteiger partial charge in [0.1, 0.15) is 0 Å². The van der Waals surface area contributed by atoms with Gasteiger partial charge < -0.3 is 10.4 Å². The van der Waals surface area contributed by atoms with Crippen LogP contribution in [0.5, 0.6) is 0 Å². The molecular weight excluding hydrogens is 655 g/mol. The highest BCUT2D eigenvalue weighted by Gasteiger charge is 2.26. The minimum atomic E-state index is -4.31. The summed E-state index contributed by atoms with van der Waals surface area (Å²) in [6.07, 6.45) is 47.4. The molecule has 0 bridgehead atoms. The minimum Gasteiger partial charge on any atom is -0.391 e. The third-order valence-corrected chi connectivity index (χ3v) is 11.3. The van der Waals surface area contributed by atoms with E-state index in [-0.39, 0.29) is 5.91 Å². The number of amides is 1. The van der Waals surface area contributed by atoms with Crippen molar-refractivity contribution < 1.29 is 22.9 Å². The zero-order chi connectivity index (χ0) is 37.5. The molecule has 0 spiro atoms. The normalized spacial score (nSPS) is 13.3. The summed E-state index contributed by atoms with van der Waals surface area (Å²) < 4.78 is 32.6. The van der Waals surface area contributed by atoms with Gasteiger partial charge in [-0.1, -0.05) is 212 Å². The predicted molar refractivity (Wildman–Crippen MR) is 221 cm³/mol. The van der Waals surface area contributed by atoms with Gasteiger partial charge in [-0.3, -0.25) is 9.35 Å². The number of carbonyl (C=O) groups is 1. The molecule has 1 amide bonds. The molecule has 0 radical (unpaired) electrons. The van der Waals surface area contributed by atoms with E-state index in [1.54, 1.807) is 0 Å². The molecule has 7 heteroatoms. The lowest BCUT2D eigenvalue weighted by Crippen LogP contribution is -2.47. The molecular formula is C44H87NO5S. The quantitative estimate of drug-likeness (QED) is 0.0329. The van der Waals surface area contributed by atoms with Crippen molar-refractivity contribution in [3.05, 3.63) is 12.2 Å². The maximum Gasteiger partial charge on any atom is 0.266 e. The summed E-state index contributed by atoms with van der Waals surface area (Å²) in [5, 5.41) is 13.4. The Morgan fingerprint density at radius 2 is 0.824 bits per heavy atom. The van der Waals surface area contributed by atoms with Crippen LogP contribution >= 0.6 is 0 Å². The van der Waals surface area contributed by atoms with Crippen molar-refractivity contribution in [3.63, 3.8) is 0 Å². The zero-order valence-corrected chi connectivity index (χ0v) is 34.8. The van der Waals surface area contributed by atoms with Crippen molar-refractivity contribution >= 4 is 16.0 Å². The standard InChI is InChI=1S/C44H87NO5S/c1-3-5-7-9-11-13-15-17-19-20-21-22-23-24-26-28-30-32-34-36-38-40-44(47)45-42(41-51(48,49)50)43(46)39-37-35-33-31-29-27-25-18-16-14-12-10-8-6-4-2/h20-21,42-43,46H,3-19,22-41H2,1-2H3,(H,45,47)(H,48,49,50)/b21-20-. The van der Waals surface area contributed by atoms with E-state index in [1.807, 2.05) is 0 Å². The summed E-state index contributed by atoms with van der Waals surface area (Å²) in [6.45, 7) is 4.54. The molecule has 0 aromatic rings. The van der Waals surface area contributed by atoms with E-state index >= 15 is 0 Å². The molecule has 3 N–H and O–H groups in total. The molecule has 0 rings (SSSR count). The van der Waals surface area contributed by atoms with Crippen molar-refractivity contribution in [2.45, 2.75) is 257 Å². The molecule has 6 nitrogen and oxygen atoms in total. The minimum absolute atomic E-state index is 0.244. The van der Waals surface area contributed by atoms with Crippen molar-refractivity contribution in [2.75, 3.05) is 5.75 Å². The molecule has 0 heterocycles. The number of aliphatic hydroxyl groups excluding tert-OH is 1. The van der Waals surface area contributed by atoms with Gasteiger partial charge in [-0.05, 0) is 38.5 Å². The van der Waals surface area contributed by atoms with Gasteiger partial charge >= 0.3 is 0 Å². The first kappa shape index (κ1) is 50.1. The van der Waals surface area contributed by atoms with Crippen LogP contribution in [0.1, 0.15) is 245 Å². The maximum atomic E-state index is 12.6. The van der Waals surface area contributed by atoms with Crippen LogP contribution in [0.4, 0.5) is 0 Å². The van der Waals surface area contributed by atoms with Crippen molar-refractivity contribution in [1.29, 1.82) is 0 Å². The fraction of sp³-hybridized carbons (Fsp3) is 0.932. The number of aliphatic hydroxyl groups is 1. The van der Waals surface area contributed by atoms with E-state index in [1.165, 1.54) is 180 Å². The molecule has 0 aromatic carbocycles. The van der Waals surface area contributed by atoms with Crippen LogP contribution in [0.3, 0.4) is 0 Å². The summed E-state index contributed by atoms with van der Waals surface area (Å²) in [5.41, 5.74) is 0. The van der Waals surface area contributed by atoms with Gasteiger partial charge in [-0.15, -0.1) is 0 Å². The number of carbonyl (C=O) groups excluding carboxylic acids is 1. The summed E-state index contributed by atoms with van der Waals surface area (Å²) in [5.74, 6) is -0.889. The summed E-state index contributed by atoms with van der Waals surface area (Å²) in [6, 6.07) is -0.968. The Balaban J connectivity index is 3.79. The second-order valence-electron chi connectivity index (χ2n) is 15.7. The SMILES string of the molecule is CCCCCCCCCC/C=C\CCCCCCCCCCCC(=O)NC(CS(=O)(=O)O)C(O)CCCCCCCCCCCCCCCCC. The molecule has 0 aromatic heterocycles. The van der Waals surface area contributed by atoms with Gasteiger partial charge in [0.2, 0.25) is 5.91 Å². The van der Waals surface area contributed by atoms with Gasteiger partial charge in [-0.25, -0.2) is 0 Å². The number of unbranched alkanes of at least 4 members (excludes halogenated alkanes) is 31. The lowest BCUT2D eigenvalue weighted by Gasteiger charge is -2.23. The highest BCUT2D eigenvalue weighted by atomic mass is 32.2. The molecule has 0 fully saturated rings. The van der Waals surface area contributed by atoms with Gasteiger partial charge in [-0.2, -0.15) is 8.42 Å². The van der Waals surface area contributed by atoms with Crippen LogP contribution in [-0.4, -0.2) is 41.9 Å². The van der Waals surface area contributed by atoms with E-state index in [4.69, 9.17) is 0 Å². The molecule has 2 atom stereocenters.